The zero-order valence-corrected chi connectivity index (χ0v) is 27.8. The van der Waals surface area contributed by atoms with Crippen molar-refractivity contribution in [3.8, 4) is 5.75 Å². The topological polar surface area (TPSA) is 124 Å². The molecular weight excluding hydrogens is 639 g/mol. The molecule has 11 nitrogen and oxygen atoms in total. The summed E-state index contributed by atoms with van der Waals surface area (Å²) < 4.78 is 48.6. The molecule has 1 aliphatic heterocycles. The maximum Gasteiger partial charge on any atom is 0.573 e. The van der Waals surface area contributed by atoms with Crippen molar-refractivity contribution in [3.63, 3.8) is 0 Å². The quantitative estimate of drug-likeness (QED) is 0.238. The molecule has 1 N–H and O–H groups in total. The molecule has 1 fully saturated rings. The van der Waals surface area contributed by atoms with Crippen LogP contribution in [0.4, 0.5) is 18.0 Å². The summed E-state index contributed by atoms with van der Waals surface area (Å²) in [6.07, 6.45) is 4.96. The first-order chi connectivity index (χ1) is 23.3. The van der Waals surface area contributed by atoms with Crippen LogP contribution in [0.2, 0.25) is 0 Å². The van der Waals surface area contributed by atoms with Gasteiger partial charge in [0.15, 0.2) is 5.69 Å². The Morgan fingerprint density at radius 1 is 1.06 bits per heavy atom. The van der Waals surface area contributed by atoms with Gasteiger partial charge in [-0.3, -0.25) is 9.48 Å². The van der Waals surface area contributed by atoms with Crippen molar-refractivity contribution in [2.75, 3.05) is 13.1 Å². The number of carbonyl (C=O) groups excluding carboxylic acids is 2. The first kappa shape index (κ1) is 34.1. The van der Waals surface area contributed by atoms with Crippen LogP contribution in [-0.4, -0.2) is 67.1 Å². The maximum absolute atomic E-state index is 12.6. The highest BCUT2D eigenvalue weighted by Gasteiger charge is 2.36. The highest BCUT2D eigenvalue weighted by molar-refractivity contribution is 5.91. The van der Waals surface area contributed by atoms with Crippen LogP contribution in [0.5, 0.6) is 5.75 Å². The highest BCUT2D eigenvalue weighted by atomic mass is 19.4. The molecule has 0 spiro atoms. The van der Waals surface area contributed by atoms with E-state index in [-0.39, 0.29) is 24.1 Å². The number of allylic oxidation sites excluding steroid dienone is 2. The van der Waals surface area contributed by atoms with E-state index in [2.05, 4.69) is 42.7 Å². The van der Waals surface area contributed by atoms with Crippen molar-refractivity contribution >= 4 is 17.6 Å². The Labute approximate surface area is 282 Å². The lowest BCUT2D eigenvalue weighted by Crippen LogP contribution is -2.39. The van der Waals surface area contributed by atoms with E-state index in [0.29, 0.717) is 31.1 Å². The number of hydrogen-bond donors (Lipinski definition) is 1. The second kappa shape index (κ2) is 14.0. The zero-order valence-electron chi connectivity index (χ0n) is 27.8. The summed E-state index contributed by atoms with van der Waals surface area (Å²) in [4.78, 5) is 26.9. The van der Waals surface area contributed by atoms with E-state index in [1.54, 1.807) is 21.8 Å². The molecule has 2 aliphatic carbocycles. The third-order valence-corrected chi connectivity index (χ3v) is 8.55. The van der Waals surface area contributed by atoms with Gasteiger partial charge in [-0.25, -0.2) is 4.79 Å². The standard InChI is InChI=1S/C35H40F3N7O4/c1-34(2,3)49-33(47)44-15-12-24(13-16-44)31-27(23-10-11-23)19-29-28(31)18-25(40-41-29)8-4-5-14-45-21-30(42-43-45)32(46)39-20-22-7-6-9-26(17-22)48-35(36,37)38/h6-7,9,12,17-18,21,23H,4-5,8,10-11,13-16,19-20H2,1-3H3,(H,39,46). The van der Waals surface area contributed by atoms with E-state index in [4.69, 9.17) is 4.74 Å². The molecule has 3 heterocycles. The summed E-state index contributed by atoms with van der Waals surface area (Å²) in [5.41, 5.74) is 7.16. The molecule has 49 heavy (non-hydrogen) atoms. The van der Waals surface area contributed by atoms with Gasteiger partial charge in [0.25, 0.3) is 5.91 Å². The normalized spacial score (nSPS) is 16.4. The molecule has 14 heteroatoms. The van der Waals surface area contributed by atoms with E-state index < -0.39 is 17.9 Å². The van der Waals surface area contributed by atoms with Crippen LogP contribution in [0, 0.1) is 5.92 Å². The number of aryl methyl sites for hydroxylation is 2. The molecule has 260 valence electrons. The van der Waals surface area contributed by atoms with Gasteiger partial charge in [0.05, 0.1) is 17.6 Å². The SMILES string of the molecule is CC(C)(C)OC(=O)N1CC=C(C2=C(C3CC3)Cc3nnc(CCCCn4cc(C(=O)NCc5cccc(OC(F)(F)F)c5)nn4)cc32)CC1. The molecule has 1 aromatic carbocycles. The van der Waals surface area contributed by atoms with Crippen LogP contribution in [0.3, 0.4) is 0 Å². The monoisotopic (exact) mass is 679 g/mol. The Morgan fingerprint density at radius 3 is 2.59 bits per heavy atom. The molecule has 1 saturated carbocycles. The minimum absolute atomic E-state index is 0.00340. The number of ether oxygens (including phenoxy) is 2. The van der Waals surface area contributed by atoms with Gasteiger partial charge in [-0.2, -0.15) is 10.2 Å². The van der Waals surface area contributed by atoms with Crippen molar-refractivity contribution in [1.29, 1.82) is 0 Å². The number of halogens is 3. The third-order valence-electron chi connectivity index (χ3n) is 8.55. The number of nitrogens with zero attached hydrogens (tertiary/aromatic N) is 6. The van der Waals surface area contributed by atoms with Crippen molar-refractivity contribution in [3.05, 3.63) is 82.0 Å². The molecule has 0 saturated heterocycles. The average molecular weight is 680 g/mol. The Bertz CT molecular complexity index is 1770. The maximum atomic E-state index is 12.6. The lowest BCUT2D eigenvalue weighted by Gasteiger charge is -2.30. The van der Waals surface area contributed by atoms with Gasteiger partial charge in [-0.1, -0.05) is 29.0 Å². The number of hydrogen-bond acceptors (Lipinski definition) is 8. The Hall–Kier alpha value is -4.75. The second-order valence-electron chi connectivity index (χ2n) is 13.7. The average Bonchev–Trinajstić information content (AvgIpc) is 3.65. The van der Waals surface area contributed by atoms with E-state index in [0.717, 1.165) is 49.1 Å². The molecule has 0 bridgehead atoms. The summed E-state index contributed by atoms with van der Waals surface area (Å²) in [5, 5.41) is 19.8. The van der Waals surface area contributed by atoms with Gasteiger partial charge in [0.1, 0.15) is 11.4 Å². The molecule has 3 aromatic rings. The molecule has 0 unspecified atom stereocenters. The van der Waals surface area contributed by atoms with Gasteiger partial charge in [-0.15, -0.1) is 18.3 Å². The molecule has 2 aromatic heterocycles. The molecular formula is C35H40F3N7O4. The van der Waals surface area contributed by atoms with Gasteiger partial charge < -0.3 is 19.7 Å². The van der Waals surface area contributed by atoms with Crippen molar-refractivity contribution in [2.24, 2.45) is 5.92 Å². The van der Waals surface area contributed by atoms with Crippen LogP contribution < -0.4 is 10.1 Å². The minimum atomic E-state index is -4.79. The first-order valence-corrected chi connectivity index (χ1v) is 16.6. The van der Waals surface area contributed by atoms with Crippen molar-refractivity contribution in [2.45, 2.75) is 90.8 Å². The largest absolute Gasteiger partial charge is 0.573 e. The molecule has 3 aliphatic rings. The number of unbranched alkanes of at least 4 members (excludes halogenated alkanes) is 1. The summed E-state index contributed by atoms with van der Waals surface area (Å²) >= 11 is 0. The molecule has 6 rings (SSSR count). The lowest BCUT2D eigenvalue weighted by atomic mass is 9.91. The Kier molecular flexibility index (Phi) is 9.75. The summed E-state index contributed by atoms with van der Waals surface area (Å²) in [6, 6.07) is 7.60. The summed E-state index contributed by atoms with van der Waals surface area (Å²) in [6.45, 7) is 7.31. The fourth-order valence-electron chi connectivity index (χ4n) is 6.13. The predicted octanol–water partition coefficient (Wildman–Crippen LogP) is 6.21. The first-order valence-electron chi connectivity index (χ1n) is 16.6. The van der Waals surface area contributed by atoms with Crippen molar-refractivity contribution < 1.29 is 32.2 Å². The van der Waals surface area contributed by atoms with E-state index in [9.17, 15) is 22.8 Å². The van der Waals surface area contributed by atoms with Crippen LogP contribution in [0.15, 0.2) is 53.8 Å². The van der Waals surface area contributed by atoms with Gasteiger partial charge in [0, 0.05) is 38.2 Å². The molecule has 0 atom stereocenters. The highest BCUT2D eigenvalue weighted by Crippen LogP contribution is 2.49. The van der Waals surface area contributed by atoms with Crippen LogP contribution in [0.25, 0.3) is 5.57 Å². The number of benzene rings is 1. The zero-order chi connectivity index (χ0) is 34.8. The predicted molar refractivity (Wildman–Crippen MR) is 173 cm³/mol. The number of nitrogens with one attached hydrogen (secondary N) is 1. The van der Waals surface area contributed by atoms with Gasteiger partial charge in [-0.05, 0) is 100 Å². The van der Waals surface area contributed by atoms with E-state index in [1.807, 2.05) is 20.8 Å². The van der Waals surface area contributed by atoms with Crippen molar-refractivity contribution in [1.82, 2.24) is 35.4 Å². The number of rotatable bonds is 11. The lowest BCUT2D eigenvalue weighted by molar-refractivity contribution is -0.274. The molecule has 2 amide bonds. The second-order valence-corrected chi connectivity index (χ2v) is 13.7. The van der Waals surface area contributed by atoms with Gasteiger partial charge >= 0.3 is 12.5 Å². The summed E-state index contributed by atoms with van der Waals surface area (Å²) in [5.74, 6) is -0.246. The number of aromatic nitrogens is 5. The van der Waals surface area contributed by atoms with Crippen LogP contribution >= 0.6 is 0 Å². The van der Waals surface area contributed by atoms with Gasteiger partial charge in [0.2, 0.25) is 0 Å². The van der Waals surface area contributed by atoms with Crippen LogP contribution in [-0.2, 0) is 30.7 Å². The number of amides is 2. The fraction of sp³-hybridized carbons (Fsp3) is 0.486. The third kappa shape index (κ3) is 9.04. The Morgan fingerprint density at radius 2 is 1.88 bits per heavy atom. The van der Waals surface area contributed by atoms with E-state index >= 15 is 0 Å². The van der Waals surface area contributed by atoms with E-state index in [1.165, 1.54) is 47.8 Å². The summed E-state index contributed by atoms with van der Waals surface area (Å²) in [7, 11) is 0. The van der Waals surface area contributed by atoms with Crippen LogP contribution in [0.1, 0.15) is 85.9 Å². The molecule has 0 radical (unpaired) electrons. The Balaban J connectivity index is 1.01. The number of carbonyl (C=O) groups is 2. The smallest absolute Gasteiger partial charge is 0.444 e. The number of alkyl halides is 3. The number of fused-ring (bicyclic) bond motifs is 1. The minimum Gasteiger partial charge on any atom is -0.444 e. The fourth-order valence-corrected chi connectivity index (χ4v) is 6.13.